The molecule has 0 saturated carbocycles. The zero-order valence-corrected chi connectivity index (χ0v) is 15.2. The molecular weight excluding hydrogens is 384 g/mol. The maximum Gasteiger partial charge on any atom is 0.273 e. The molecule has 6 heteroatoms. The van der Waals surface area contributed by atoms with E-state index < -0.39 is 0 Å². The standard InChI is InChI=1S/C19H17BrN2O3/c1-25-17-10-13(22(23)24)9-16-14-6-3-7-15(14)18(21-19(16)17)11-4-2-5-12(20)8-11/h2-6,8-10,14-15,18,21H,7H2,1H3/t14-,15+,18+/m0/s1. The van der Waals surface area contributed by atoms with E-state index in [-0.39, 0.29) is 22.6 Å². The van der Waals surface area contributed by atoms with Crippen LogP contribution < -0.4 is 10.1 Å². The number of nitro groups is 1. The highest BCUT2D eigenvalue weighted by atomic mass is 79.9. The molecule has 0 bridgehead atoms. The van der Waals surface area contributed by atoms with Gasteiger partial charge in [-0.05, 0) is 35.6 Å². The van der Waals surface area contributed by atoms with Crippen LogP contribution in [0.25, 0.3) is 0 Å². The van der Waals surface area contributed by atoms with Gasteiger partial charge in [-0.2, -0.15) is 0 Å². The first-order valence-electron chi connectivity index (χ1n) is 8.13. The topological polar surface area (TPSA) is 64.4 Å². The minimum absolute atomic E-state index is 0.0670. The first-order valence-corrected chi connectivity index (χ1v) is 8.93. The Hall–Kier alpha value is -2.34. The van der Waals surface area contributed by atoms with Crippen molar-refractivity contribution in [1.29, 1.82) is 0 Å². The number of halogens is 1. The second-order valence-electron chi connectivity index (χ2n) is 6.40. The summed E-state index contributed by atoms with van der Waals surface area (Å²) >= 11 is 3.54. The van der Waals surface area contributed by atoms with Crippen LogP contribution in [-0.2, 0) is 0 Å². The van der Waals surface area contributed by atoms with E-state index in [0.29, 0.717) is 11.7 Å². The van der Waals surface area contributed by atoms with E-state index in [1.165, 1.54) is 11.6 Å². The van der Waals surface area contributed by atoms with Gasteiger partial charge in [-0.1, -0.05) is 40.2 Å². The third kappa shape index (κ3) is 2.70. The summed E-state index contributed by atoms with van der Waals surface area (Å²) in [7, 11) is 1.55. The number of rotatable bonds is 3. The number of allylic oxidation sites excluding steroid dienone is 2. The van der Waals surface area contributed by atoms with Crippen molar-refractivity contribution in [3.63, 3.8) is 0 Å². The average molecular weight is 401 g/mol. The number of non-ortho nitro benzene ring substituents is 1. The average Bonchev–Trinajstić information content (AvgIpc) is 3.10. The SMILES string of the molecule is COc1cc([N+](=O)[O-])cc2c1N[C@H](c1cccc(Br)c1)[C@@H]1CC=C[C@H]21. The molecule has 128 valence electrons. The van der Waals surface area contributed by atoms with Crippen molar-refractivity contribution in [1.82, 2.24) is 0 Å². The number of hydrogen-bond acceptors (Lipinski definition) is 4. The van der Waals surface area contributed by atoms with E-state index in [1.54, 1.807) is 13.2 Å². The Morgan fingerprint density at radius 3 is 2.88 bits per heavy atom. The predicted molar refractivity (Wildman–Crippen MR) is 100 cm³/mol. The molecule has 1 aliphatic carbocycles. The molecule has 1 heterocycles. The van der Waals surface area contributed by atoms with Gasteiger partial charge in [-0.15, -0.1) is 0 Å². The molecule has 2 aromatic carbocycles. The first-order chi connectivity index (χ1) is 12.1. The molecule has 1 N–H and O–H groups in total. The zero-order chi connectivity index (χ0) is 17.6. The molecule has 0 fully saturated rings. The van der Waals surface area contributed by atoms with Gasteiger partial charge in [0.25, 0.3) is 5.69 Å². The van der Waals surface area contributed by atoms with Crippen molar-refractivity contribution in [2.75, 3.05) is 12.4 Å². The number of nitrogens with one attached hydrogen (secondary N) is 1. The fourth-order valence-corrected chi connectivity index (χ4v) is 4.37. The second-order valence-corrected chi connectivity index (χ2v) is 7.32. The lowest BCUT2D eigenvalue weighted by atomic mass is 9.76. The summed E-state index contributed by atoms with van der Waals surface area (Å²) in [5.74, 6) is 0.991. The van der Waals surface area contributed by atoms with Crippen LogP contribution in [0, 0.1) is 16.0 Å². The highest BCUT2D eigenvalue weighted by Crippen LogP contribution is 2.53. The highest BCUT2D eigenvalue weighted by molar-refractivity contribution is 9.10. The van der Waals surface area contributed by atoms with E-state index >= 15 is 0 Å². The summed E-state index contributed by atoms with van der Waals surface area (Å²) in [6.07, 6.45) is 5.28. The van der Waals surface area contributed by atoms with Crippen molar-refractivity contribution in [2.24, 2.45) is 5.92 Å². The van der Waals surface area contributed by atoms with Crippen LogP contribution in [0.15, 0.2) is 53.0 Å². The van der Waals surface area contributed by atoms with E-state index in [1.807, 2.05) is 12.1 Å². The van der Waals surface area contributed by atoms with Crippen LogP contribution in [0.5, 0.6) is 5.75 Å². The normalized spacial score (nSPS) is 23.5. The minimum atomic E-state index is -0.364. The molecule has 5 nitrogen and oxygen atoms in total. The number of ether oxygens (including phenoxy) is 1. The van der Waals surface area contributed by atoms with Gasteiger partial charge in [0.05, 0.1) is 29.8 Å². The van der Waals surface area contributed by atoms with Crippen LogP contribution in [0.4, 0.5) is 11.4 Å². The fraction of sp³-hybridized carbons (Fsp3) is 0.263. The van der Waals surface area contributed by atoms with Crippen LogP contribution in [0.3, 0.4) is 0 Å². The summed E-state index contributed by atoms with van der Waals surface area (Å²) in [5.41, 5.74) is 3.05. The third-order valence-electron chi connectivity index (χ3n) is 5.06. The summed E-state index contributed by atoms with van der Waals surface area (Å²) in [6.45, 7) is 0. The summed E-state index contributed by atoms with van der Waals surface area (Å²) < 4.78 is 6.50. The lowest BCUT2D eigenvalue weighted by Crippen LogP contribution is -2.29. The van der Waals surface area contributed by atoms with E-state index in [9.17, 15) is 10.1 Å². The zero-order valence-electron chi connectivity index (χ0n) is 13.6. The molecule has 1 aliphatic heterocycles. The Morgan fingerprint density at radius 2 is 2.16 bits per heavy atom. The maximum atomic E-state index is 11.3. The number of nitrogens with zero attached hydrogens (tertiary/aromatic N) is 1. The smallest absolute Gasteiger partial charge is 0.273 e. The Morgan fingerprint density at radius 1 is 1.32 bits per heavy atom. The lowest BCUT2D eigenvalue weighted by Gasteiger charge is -2.38. The van der Waals surface area contributed by atoms with Crippen molar-refractivity contribution < 1.29 is 9.66 Å². The molecule has 0 spiro atoms. The van der Waals surface area contributed by atoms with Gasteiger partial charge >= 0.3 is 0 Å². The Kier molecular flexibility index (Phi) is 4.00. The molecular formula is C19H17BrN2O3. The highest BCUT2D eigenvalue weighted by Gasteiger charge is 2.40. The third-order valence-corrected chi connectivity index (χ3v) is 5.55. The van der Waals surface area contributed by atoms with E-state index in [4.69, 9.17) is 4.74 Å². The molecule has 3 atom stereocenters. The Balaban J connectivity index is 1.85. The number of nitro benzene ring substituents is 1. The Labute approximate surface area is 154 Å². The summed E-state index contributed by atoms with van der Waals surface area (Å²) in [5, 5.41) is 14.9. The number of hydrogen-bond donors (Lipinski definition) is 1. The minimum Gasteiger partial charge on any atom is -0.494 e. The maximum absolute atomic E-state index is 11.3. The van der Waals surface area contributed by atoms with Crippen molar-refractivity contribution in [3.05, 3.63) is 74.3 Å². The number of methoxy groups -OCH3 is 1. The fourth-order valence-electron chi connectivity index (χ4n) is 3.95. The molecule has 2 aromatic rings. The lowest BCUT2D eigenvalue weighted by molar-refractivity contribution is -0.385. The Bertz CT molecular complexity index is 881. The predicted octanol–water partition coefficient (Wildman–Crippen LogP) is 5.19. The quantitative estimate of drug-likeness (QED) is 0.437. The van der Waals surface area contributed by atoms with Crippen LogP contribution >= 0.6 is 15.9 Å². The largest absolute Gasteiger partial charge is 0.494 e. The van der Waals surface area contributed by atoms with Crippen molar-refractivity contribution in [2.45, 2.75) is 18.4 Å². The monoisotopic (exact) mass is 400 g/mol. The van der Waals surface area contributed by atoms with Crippen molar-refractivity contribution in [3.8, 4) is 5.75 Å². The van der Waals surface area contributed by atoms with Gasteiger partial charge in [0, 0.05) is 16.5 Å². The van der Waals surface area contributed by atoms with Gasteiger partial charge in [-0.3, -0.25) is 10.1 Å². The molecule has 0 aromatic heterocycles. The molecule has 2 aliphatic rings. The summed E-state index contributed by atoms with van der Waals surface area (Å²) in [6, 6.07) is 11.6. The van der Waals surface area contributed by atoms with Gasteiger partial charge in [0.1, 0.15) is 5.75 Å². The molecule has 0 amide bonds. The van der Waals surface area contributed by atoms with Crippen molar-refractivity contribution >= 4 is 27.3 Å². The molecule has 0 unspecified atom stereocenters. The van der Waals surface area contributed by atoms with Crippen LogP contribution in [0.1, 0.15) is 29.5 Å². The summed E-state index contributed by atoms with van der Waals surface area (Å²) in [4.78, 5) is 10.9. The molecule has 4 rings (SSSR count). The van der Waals surface area contributed by atoms with E-state index in [0.717, 1.165) is 22.1 Å². The first kappa shape index (κ1) is 16.1. The molecule has 0 saturated heterocycles. The van der Waals surface area contributed by atoms with E-state index in [2.05, 4.69) is 45.5 Å². The number of fused-ring (bicyclic) bond motifs is 3. The van der Waals surface area contributed by atoms with Gasteiger partial charge < -0.3 is 10.1 Å². The number of benzene rings is 2. The van der Waals surface area contributed by atoms with Gasteiger partial charge in [0.2, 0.25) is 0 Å². The number of anilines is 1. The molecule has 0 radical (unpaired) electrons. The van der Waals surface area contributed by atoms with Gasteiger partial charge in [-0.25, -0.2) is 0 Å². The second kappa shape index (κ2) is 6.19. The van der Waals surface area contributed by atoms with Crippen LogP contribution in [-0.4, -0.2) is 12.0 Å². The molecule has 25 heavy (non-hydrogen) atoms. The van der Waals surface area contributed by atoms with Crippen LogP contribution in [0.2, 0.25) is 0 Å². The van der Waals surface area contributed by atoms with Gasteiger partial charge in [0.15, 0.2) is 0 Å².